The maximum atomic E-state index is 13.2. The van der Waals surface area contributed by atoms with Crippen molar-refractivity contribution in [2.45, 2.75) is 33.2 Å². The van der Waals surface area contributed by atoms with Crippen LogP contribution in [0.2, 0.25) is 0 Å². The second-order valence-electron chi connectivity index (χ2n) is 9.69. The van der Waals surface area contributed by atoms with Crippen LogP contribution in [0, 0.1) is 18.8 Å². The number of likely N-dealkylation sites (tertiary alicyclic amines) is 1. The number of rotatable bonds is 6. The molecule has 1 N–H and O–H groups in total. The minimum Gasteiger partial charge on any atom is -0.436 e. The molecule has 1 atom stereocenters. The number of hydrogen-bond donors (Lipinski definition) is 1. The summed E-state index contributed by atoms with van der Waals surface area (Å²) in [4.78, 5) is 32.4. The van der Waals surface area contributed by atoms with Gasteiger partial charge in [0, 0.05) is 36.7 Å². The monoisotopic (exact) mass is 481 g/mol. The highest BCUT2D eigenvalue weighted by Crippen LogP contribution is 2.28. The number of hydrogen-bond acceptors (Lipinski definition) is 4. The molecule has 1 saturated heterocycles. The van der Waals surface area contributed by atoms with E-state index in [0.717, 1.165) is 29.5 Å². The Morgan fingerprint density at radius 1 is 1.03 bits per heavy atom. The Labute approximate surface area is 211 Å². The van der Waals surface area contributed by atoms with Crippen molar-refractivity contribution in [3.05, 3.63) is 89.5 Å². The number of fused-ring (bicyclic) bond motifs is 1. The third kappa shape index (κ3) is 5.18. The molecule has 0 saturated carbocycles. The Kier molecular flexibility index (Phi) is 6.85. The maximum absolute atomic E-state index is 13.2. The number of amides is 2. The van der Waals surface area contributed by atoms with Crippen molar-refractivity contribution in [1.82, 2.24) is 15.2 Å². The predicted octanol–water partition coefficient (Wildman–Crippen LogP) is 5.61. The molecule has 6 heteroatoms. The van der Waals surface area contributed by atoms with Gasteiger partial charge in [-0.1, -0.05) is 55.0 Å². The molecule has 36 heavy (non-hydrogen) atoms. The van der Waals surface area contributed by atoms with Gasteiger partial charge in [-0.25, -0.2) is 4.98 Å². The van der Waals surface area contributed by atoms with E-state index in [1.165, 1.54) is 5.56 Å². The summed E-state index contributed by atoms with van der Waals surface area (Å²) in [5.41, 5.74) is 5.13. The predicted molar refractivity (Wildman–Crippen MR) is 140 cm³/mol. The van der Waals surface area contributed by atoms with Crippen molar-refractivity contribution in [2.75, 3.05) is 13.1 Å². The quantitative estimate of drug-likeness (QED) is 0.389. The van der Waals surface area contributed by atoms with E-state index in [4.69, 9.17) is 4.42 Å². The molecule has 0 bridgehead atoms. The van der Waals surface area contributed by atoms with Crippen molar-refractivity contribution in [2.24, 2.45) is 11.8 Å². The van der Waals surface area contributed by atoms with E-state index in [-0.39, 0.29) is 23.7 Å². The number of oxazole rings is 1. The van der Waals surface area contributed by atoms with Gasteiger partial charge in [-0.2, -0.15) is 0 Å². The van der Waals surface area contributed by atoms with E-state index in [1.54, 1.807) is 6.07 Å². The highest BCUT2D eigenvalue weighted by atomic mass is 16.3. The molecule has 1 aliphatic rings. The van der Waals surface area contributed by atoms with Crippen LogP contribution in [-0.2, 0) is 11.3 Å². The number of aromatic nitrogens is 1. The zero-order valence-corrected chi connectivity index (χ0v) is 20.7. The lowest BCUT2D eigenvalue weighted by Gasteiger charge is -2.34. The largest absolute Gasteiger partial charge is 0.436 e. The average Bonchev–Trinajstić information content (AvgIpc) is 3.35. The van der Waals surface area contributed by atoms with Gasteiger partial charge in [0.05, 0.1) is 0 Å². The van der Waals surface area contributed by atoms with Gasteiger partial charge in [0.25, 0.3) is 5.91 Å². The summed E-state index contributed by atoms with van der Waals surface area (Å²) in [6.45, 7) is 5.87. The summed E-state index contributed by atoms with van der Waals surface area (Å²) in [5, 5.41) is 3.08. The van der Waals surface area contributed by atoms with Crippen LogP contribution in [0.25, 0.3) is 22.6 Å². The van der Waals surface area contributed by atoms with Gasteiger partial charge < -0.3 is 14.6 Å². The number of benzene rings is 3. The highest BCUT2D eigenvalue weighted by molar-refractivity contribution is 5.97. The van der Waals surface area contributed by atoms with Crippen LogP contribution in [0.15, 0.2) is 77.2 Å². The van der Waals surface area contributed by atoms with Crippen LogP contribution in [0.4, 0.5) is 0 Å². The molecule has 0 unspecified atom stereocenters. The van der Waals surface area contributed by atoms with E-state index < -0.39 is 0 Å². The minimum atomic E-state index is -0.0889. The Hall–Kier alpha value is -3.93. The SMILES string of the molecule is Cc1cccc(CNC(=O)[C@H](C)C2CCN(C(=O)c3ccc4nc(-c5ccccc5)oc4c3)CC2)c1. The molecular formula is C30H31N3O3. The van der Waals surface area contributed by atoms with E-state index >= 15 is 0 Å². The number of carbonyl (C=O) groups is 2. The molecule has 1 fully saturated rings. The third-order valence-electron chi connectivity index (χ3n) is 7.15. The molecule has 1 aromatic heterocycles. The first-order valence-corrected chi connectivity index (χ1v) is 12.6. The van der Waals surface area contributed by atoms with Crippen LogP contribution >= 0.6 is 0 Å². The second kappa shape index (κ2) is 10.4. The molecule has 6 nitrogen and oxygen atoms in total. The van der Waals surface area contributed by atoms with Gasteiger partial charge in [-0.15, -0.1) is 0 Å². The van der Waals surface area contributed by atoms with Gasteiger partial charge in [-0.3, -0.25) is 9.59 Å². The second-order valence-corrected chi connectivity index (χ2v) is 9.69. The summed E-state index contributed by atoms with van der Waals surface area (Å²) in [7, 11) is 0. The number of nitrogens with one attached hydrogen (secondary N) is 1. The van der Waals surface area contributed by atoms with Gasteiger partial charge in [0.15, 0.2) is 5.58 Å². The van der Waals surface area contributed by atoms with Crippen LogP contribution in [0.5, 0.6) is 0 Å². The van der Waals surface area contributed by atoms with Gasteiger partial charge in [0.2, 0.25) is 11.8 Å². The van der Waals surface area contributed by atoms with E-state index in [0.29, 0.717) is 36.7 Å². The fraction of sp³-hybridized carbons (Fsp3) is 0.300. The maximum Gasteiger partial charge on any atom is 0.253 e. The first-order valence-electron chi connectivity index (χ1n) is 12.6. The van der Waals surface area contributed by atoms with Gasteiger partial charge in [0.1, 0.15) is 5.52 Å². The number of carbonyl (C=O) groups excluding carboxylic acids is 2. The first-order chi connectivity index (χ1) is 17.5. The van der Waals surface area contributed by atoms with E-state index in [2.05, 4.69) is 29.4 Å². The Morgan fingerprint density at radius 3 is 2.56 bits per heavy atom. The molecule has 1 aliphatic heterocycles. The van der Waals surface area contributed by atoms with Crippen LogP contribution < -0.4 is 5.32 Å². The van der Waals surface area contributed by atoms with Crippen LogP contribution in [-0.4, -0.2) is 34.8 Å². The smallest absolute Gasteiger partial charge is 0.253 e. The molecule has 0 radical (unpaired) electrons. The topological polar surface area (TPSA) is 75.4 Å². The Morgan fingerprint density at radius 2 is 1.81 bits per heavy atom. The minimum absolute atomic E-state index is 0.00966. The van der Waals surface area contributed by atoms with Crippen molar-refractivity contribution in [3.63, 3.8) is 0 Å². The molecule has 2 heterocycles. The summed E-state index contributed by atoms with van der Waals surface area (Å²) < 4.78 is 5.94. The van der Waals surface area contributed by atoms with E-state index in [9.17, 15) is 9.59 Å². The lowest BCUT2D eigenvalue weighted by molar-refractivity contribution is -0.126. The summed E-state index contributed by atoms with van der Waals surface area (Å²) >= 11 is 0. The lowest BCUT2D eigenvalue weighted by Crippen LogP contribution is -2.42. The van der Waals surface area contributed by atoms with Gasteiger partial charge in [-0.05, 0) is 61.6 Å². The standard InChI is InChI=1S/C30H31N3O3/c1-20-7-6-8-22(17-20)19-31-28(34)21(2)23-13-15-33(16-14-23)30(35)25-11-12-26-27(18-25)36-29(32-26)24-9-4-3-5-10-24/h3-12,17-18,21,23H,13-16,19H2,1-2H3,(H,31,34)/t21-/m1/s1. The molecule has 0 spiro atoms. The lowest BCUT2D eigenvalue weighted by atomic mass is 9.84. The fourth-order valence-corrected chi connectivity index (χ4v) is 4.93. The molecule has 184 valence electrons. The van der Waals surface area contributed by atoms with Crippen molar-refractivity contribution in [1.29, 1.82) is 0 Å². The zero-order valence-electron chi connectivity index (χ0n) is 20.7. The Bertz CT molecular complexity index is 1370. The zero-order chi connectivity index (χ0) is 25.1. The van der Waals surface area contributed by atoms with Crippen molar-refractivity contribution < 1.29 is 14.0 Å². The molecule has 2 amide bonds. The number of piperidine rings is 1. The first kappa shape index (κ1) is 23.8. The van der Waals surface area contributed by atoms with Crippen molar-refractivity contribution in [3.8, 4) is 11.5 Å². The molecule has 5 rings (SSSR count). The molecule has 3 aromatic carbocycles. The Balaban J connectivity index is 1.17. The fourth-order valence-electron chi connectivity index (χ4n) is 4.93. The molecule has 4 aromatic rings. The molecule has 0 aliphatic carbocycles. The van der Waals surface area contributed by atoms with Gasteiger partial charge >= 0.3 is 0 Å². The van der Waals surface area contributed by atoms with Crippen molar-refractivity contribution >= 4 is 22.9 Å². The number of aryl methyl sites for hydroxylation is 1. The summed E-state index contributed by atoms with van der Waals surface area (Å²) in [6.07, 6.45) is 1.63. The third-order valence-corrected chi connectivity index (χ3v) is 7.15. The highest BCUT2D eigenvalue weighted by Gasteiger charge is 2.30. The number of nitrogens with zero attached hydrogens (tertiary/aromatic N) is 2. The summed E-state index contributed by atoms with van der Waals surface area (Å²) in [5.74, 6) is 0.785. The van der Waals surface area contributed by atoms with Crippen LogP contribution in [0.3, 0.4) is 0 Å². The normalized spacial score (nSPS) is 15.1. The summed E-state index contributed by atoms with van der Waals surface area (Å²) in [6, 6.07) is 23.3. The average molecular weight is 482 g/mol. The van der Waals surface area contributed by atoms with Crippen LogP contribution in [0.1, 0.15) is 41.3 Å². The molecular weight excluding hydrogens is 450 g/mol. The van der Waals surface area contributed by atoms with E-state index in [1.807, 2.05) is 66.4 Å².